The number of rotatable bonds is 6. The number of ether oxygens (including phenoxy) is 1. The fourth-order valence-corrected chi connectivity index (χ4v) is 3.78. The van der Waals surface area contributed by atoms with E-state index in [2.05, 4.69) is 19.5 Å². The van der Waals surface area contributed by atoms with Gasteiger partial charge in [-0.3, -0.25) is 28.0 Å². The third kappa shape index (κ3) is 8.13. The molecule has 5 atom stereocenters. The van der Waals surface area contributed by atoms with Gasteiger partial charge in [0.15, 0.2) is 17.4 Å². The number of nitrogens with two attached hydrogens (primary N) is 1. The van der Waals surface area contributed by atoms with Gasteiger partial charge in [-0.15, -0.1) is 0 Å². The molecule has 0 saturated carbocycles. The first-order valence-corrected chi connectivity index (χ1v) is 12.3. The number of aromatic amines is 1. The van der Waals surface area contributed by atoms with Gasteiger partial charge < -0.3 is 39.5 Å². The number of fused-ring (bicyclic) bond motifs is 1. The minimum Gasteiger partial charge on any atom is -0.369 e. The minimum atomic E-state index is -4.91. The summed E-state index contributed by atoms with van der Waals surface area (Å²) in [5.41, 5.74) is 4.90. The molecule has 17 nitrogen and oxygen atoms in total. The van der Waals surface area contributed by atoms with Gasteiger partial charge in [0.1, 0.15) is 6.10 Å². The Morgan fingerprint density at radius 3 is 2.47 bits per heavy atom. The summed E-state index contributed by atoms with van der Waals surface area (Å²) in [7, 11) is -11.3. The second kappa shape index (κ2) is 12.4. The van der Waals surface area contributed by atoms with E-state index in [1.807, 2.05) is 0 Å². The Labute approximate surface area is 205 Å². The normalized spacial score (nSPS) is 24.1. The van der Waals surface area contributed by atoms with Crippen LogP contribution in [0, 0.1) is 5.92 Å². The number of phosphoric ester groups is 1. The summed E-state index contributed by atoms with van der Waals surface area (Å²) in [5, 5.41) is 0. The van der Waals surface area contributed by atoms with Crippen LogP contribution in [0.2, 0.25) is 0 Å². The van der Waals surface area contributed by atoms with Gasteiger partial charge in [-0.25, -0.2) is 9.55 Å². The van der Waals surface area contributed by atoms with Gasteiger partial charge in [-0.2, -0.15) is 4.98 Å². The molecule has 3 heterocycles. The molecular weight excluding hydrogens is 576 g/mol. The third-order valence-corrected chi connectivity index (χ3v) is 4.99. The number of nitrogens with zero attached hydrogens (tertiary/aromatic N) is 3. The molecule has 0 bridgehead atoms. The van der Waals surface area contributed by atoms with E-state index in [1.54, 1.807) is 6.92 Å². The summed E-state index contributed by atoms with van der Waals surface area (Å²) in [4.78, 5) is 63.7. The number of hydrogen-bond acceptors (Lipinski definition) is 10. The quantitative estimate of drug-likeness (QED) is 0.186. The Morgan fingerprint density at radius 1 is 1.34 bits per heavy atom. The van der Waals surface area contributed by atoms with Crippen molar-refractivity contribution in [3.63, 3.8) is 0 Å². The number of phosphoric acid groups is 1. The van der Waals surface area contributed by atoms with E-state index >= 15 is 0 Å². The summed E-state index contributed by atoms with van der Waals surface area (Å²) in [6.07, 6.45) is -1.98. The summed E-state index contributed by atoms with van der Waals surface area (Å²) < 4.78 is 47.4. The molecule has 1 aliphatic heterocycles. The monoisotopic (exact) mass is 596 g/mol. The van der Waals surface area contributed by atoms with E-state index in [0.29, 0.717) is 0 Å². The van der Waals surface area contributed by atoms with Gasteiger partial charge in [0.2, 0.25) is 5.95 Å². The third-order valence-electron chi connectivity index (χ3n) is 4.05. The van der Waals surface area contributed by atoms with Crippen molar-refractivity contribution in [2.45, 2.75) is 25.4 Å². The molecule has 1 fully saturated rings. The fraction of sp³-hybridized carbons (Fsp3) is 0.545. The molecular formula is C11H20N5O12P3Y. The largest absolute Gasteiger partial charge is 0.470 e. The van der Waals surface area contributed by atoms with Crippen molar-refractivity contribution in [1.29, 1.82) is 0 Å². The molecule has 2 aromatic heterocycles. The Kier molecular flexibility index (Phi) is 11.5. The standard InChI is InChI=1S/C11H17N5O9P2.H3O3P.Y/c1-4-5(2-23-26(18)19)24-10(7(4)25-27(20,21)22)16-3-13-6-8(16)14-11(12)15-9(6)17;1-4(2)3;/h3-5,7,10,26H,2H2,1H3,(H,18,19)(H2,20,21,22)(H3,12,14,15,17);4H,(H2,1,2,3);/t4?,5-,7?,10-;;/m1../s1. The van der Waals surface area contributed by atoms with Crippen LogP contribution in [0.3, 0.4) is 0 Å². The van der Waals surface area contributed by atoms with Crippen LogP contribution in [-0.4, -0.2) is 62.8 Å². The van der Waals surface area contributed by atoms with Crippen molar-refractivity contribution in [2.75, 3.05) is 12.3 Å². The number of anilines is 1. The molecule has 0 aromatic carbocycles. The summed E-state index contributed by atoms with van der Waals surface area (Å²) in [6, 6.07) is 0. The molecule has 8 N–H and O–H groups in total. The first-order chi connectivity index (χ1) is 14.3. The van der Waals surface area contributed by atoms with Crippen molar-refractivity contribution < 1.29 is 84.7 Å². The zero-order chi connectivity index (χ0) is 23.5. The molecule has 1 radical (unpaired) electrons. The maximum Gasteiger partial charge on any atom is 0.470 e. The Bertz CT molecular complexity index is 1070. The van der Waals surface area contributed by atoms with Crippen LogP contribution >= 0.6 is 24.3 Å². The Hall–Kier alpha value is -0.376. The van der Waals surface area contributed by atoms with Crippen LogP contribution in [0.4, 0.5) is 5.95 Å². The fourth-order valence-electron chi connectivity index (χ4n) is 2.86. The minimum absolute atomic E-state index is 0. The average molecular weight is 596 g/mol. The van der Waals surface area contributed by atoms with E-state index in [1.165, 1.54) is 10.9 Å². The van der Waals surface area contributed by atoms with E-state index in [4.69, 9.17) is 34.2 Å². The molecule has 0 amide bonds. The van der Waals surface area contributed by atoms with Gasteiger partial charge in [-0.05, 0) is 0 Å². The molecule has 3 rings (SSSR count). The van der Waals surface area contributed by atoms with Crippen LogP contribution in [0.25, 0.3) is 11.2 Å². The van der Waals surface area contributed by atoms with E-state index in [9.17, 15) is 23.7 Å². The second-order valence-electron chi connectivity index (χ2n) is 6.12. The van der Waals surface area contributed by atoms with Crippen molar-refractivity contribution in [2.24, 2.45) is 5.92 Å². The predicted molar refractivity (Wildman–Crippen MR) is 103 cm³/mol. The zero-order valence-corrected chi connectivity index (χ0v) is 21.9. The van der Waals surface area contributed by atoms with Crippen molar-refractivity contribution in [3.8, 4) is 0 Å². The maximum atomic E-state index is 11.9. The second-order valence-corrected chi connectivity index (χ2v) is 8.70. The summed E-state index contributed by atoms with van der Waals surface area (Å²) in [5.74, 6) is -0.840. The number of aromatic nitrogens is 4. The van der Waals surface area contributed by atoms with Crippen LogP contribution in [0.5, 0.6) is 0 Å². The van der Waals surface area contributed by atoms with E-state index in [0.717, 1.165) is 0 Å². The number of H-pyrrole nitrogens is 1. The molecule has 1 aliphatic rings. The first-order valence-electron chi connectivity index (χ1n) is 8.19. The van der Waals surface area contributed by atoms with E-state index in [-0.39, 0.29) is 56.4 Å². The predicted octanol–water partition coefficient (Wildman–Crippen LogP) is -1.53. The first kappa shape index (κ1) is 29.7. The Morgan fingerprint density at radius 2 is 1.94 bits per heavy atom. The molecule has 0 aliphatic carbocycles. The van der Waals surface area contributed by atoms with Crippen LogP contribution in [0.15, 0.2) is 11.1 Å². The SMILES string of the molecule is CC1C(OP(=O)(O)O)[C@H](n2cnc3c(=O)[nH]c(N)nc32)O[C@@H]1CO[PH](=O)O.O=[PH](O)O.[Y]. The number of imidazole rings is 1. The molecule has 3 unspecified atom stereocenters. The van der Waals surface area contributed by atoms with Crippen LogP contribution in [0.1, 0.15) is 13.2 Å². The van der Waals surface area contributed by atoms with E-state index < -0.39 is 54.2 Å². The van der Waals surface area contributed by atoms with Gasteiger partial charge in [-0.1, -0.05) is 6.92 Å². The molecule has 2 aromatic rings. The smallest absolute Gasteiger partial charge is 0.369 e. The van der Waals surface area contributed by atoms with Gasteiger partial charge in [0, 0.05) is 38.6 Å². The van der Waals surface area contributed by atoms with Crippen LogP contribution in [-0.2, 0) is 60.2 Å². The number of nitrogen functional groups attached to an aromatic ring is 1. The van der Waals surface area contributed by atoms with Crippen molar-refractivity contribution >= 4 is 41.4 Å². The molecule has 179 valence electrons. The number of nitrogens with one attached hydrogen (secondary N) is 1. The van der Waals surface area contributed by atoms with Gasteiger partial charge >= 0.3 is 24.3 Å². The molecule has 1 saturated heterocycles. The van der Waals surface area contributed by atoms with Crippen molar-refractivity contribution in [3.05, 3.63) is 16.7 Å². The number of hydrogen-bond donors (Lipinski definition) is 7. The molecule has 32 heavy (non-hydrogen) atoms. The summed E-state index contributed by atoms with van der Waals surface area (Å²) in [6.45, 7) is 1.26. The average Bonchev–Trinajstić information content (AvgIpc) is 3.14. The molecule has 21 heteroatoms. The van der Waals surface area contributed by atoms with Gasteiger partial charge in [0.05, 0.1) is 19.0 Å². The van der Waals surface area contributed by atoms with Crippen molar-refractivity contribution in [1.82, 2.24) is 19.5 Å². The Balaban J connectivity index is 0.000000945. The topological polar surface area (TPSA) is 270 Å². The van der Waals surface area contributed by atoms with Gasteiger partial charge in [0.25, 0.3) is 5.56 Å². The maximum absolute atomic E-state index is 11.9. The zero-order valence-electron chi connectivity index (χ0n) is 16.1. The van der Waals surface area contributed by atoms with Crippen LogP contribution < -0.4 is 11.3 Å². The summed E-state index contributed by atoms with van der Waals surface area (Å²) >= 11 is 0. The molecule has 0 spiro atoms.